The van der Waals surface area contributed by atoms with Gasteiger partial charge in [0.1, 0.15) is 5.75 Å². The molecule has 0 unspecified atom stereocenters. The maximum Gasteiger partial charge on any atom is 0.343 e. The molecule has 2 fully saturated rings. The third-order valence-corrected chi connectivity index (χ3v) is 6.55. The van der Waals surface area contributed by atoms with Gasteiger partial charge in [-0.1, -0.05) is 54.1 Å². The lowest BCUT2D eigenvalue weighted by Crippen LogP contribution is -2.34. The van der Waals surface area contributed by atoms with Crippen LogP contribution in [0.4, 0.5) is 4.79 Å². The Bertz CT molecular complexity index is 1210. The number of amides is 2. The minimum absolute atomic E-state index is 0.0407. The quantitative estimate of drug-likeness (QED) is 0.462. The number of benzene rings is 2. The number of rotatable bonds is 6. The summed E-state index contributed by atoms with van der Waals surface area (Å²) in [6.45, 7) is 1.33. The first-order valence-corrected chi connectivity index (χ1v) is 12.1. The highest BCUT2D eigenvalue weighted by Crippen LogP contribution is 2.46. The highest BCUT2D eigenvalue weighted by molar-refractivity contribution is 5.85. The molecule has 2 aliphatic rings. The molecular formula is C29H29N3O3. The van der Waals surface area contributed by atoms with Gasteiger partial charge in [-0.15, -0.1) is 0 Å². The monoisotopic (exact) mass is 467 g/mol. The summed E-state index contributed by atoms with van der Waals surface area (Å²) in [7, 11) is 0. The van der Waals surface area contributed by atoms with Crippen molar-refractivity contribution in [3.05, 3.63) is 95.2 Å². The summed E-state index contributed by atoms with van der Waals surface area (Å²) in [5, 5.41) is 9.14. The van der Waals surface area contributed by atoms with Crippen molar-refractivity contribution >= 4 is 18.3 Å². The number of carbonyl (C=O) groups excluding carboxylic acids is 1. The molecule has 1 N–H and O–H groups in total. The van der Waals surface area contributed by atoms with Crippen molar-refractivity contribution in [3.63, 3.8) is 0 Å². The molecule has 178 valence electrons. The summed E-state index contributed by atoms with van der Waals surface area (Å²) >= 11 is 0. The normalized spacial score (nSPS) is 19.6. The fourth-order valence-corrected chi connectivity index (χ4v) is 4.42. The zero-order chi connectivity index (χ0) is 24.0. The van der Waals surface area contributed by atoms with E-state index in [1.807, 2.05) is 41.4 Å². The van der Waals surface area contributed by atoms with Gasteiger partial charge in [0, 0.05) is 37.5 Å². The van der Waals surface area contributed by atoms with E-state index in [9.17, 15) is 4.79 Å². The highest BCUT2D eigenvalue weighted by Gasteiger charge is 2.37. The van der Waals surface area contributed by atoms with Gasteiger partial charge in [-0.05, 0) is 60.1 Å². The van der Waals surface area contributed by atoms with E-state index in [0.29, 0.717) is 36.6 Å². The number of aliphatic hydroxyl groups is 1. The van der Waals surface area contributed by atoms with Crippen molar-refractivity contribution in [2.24, 2.45) is 10.9 Å². The molecule has 2 atom stereocenters. The zero-order valence-corrected chi connectivity index (χ0v) is 19.6. The molecule has 6 nitrogen and oxygen atoms in total. The fourth-order valence-electron chi connectivity index (χ4n) is 4.42. The van der Waals surface area contributed by atoms with Gasteiger partial charge >= 0.3 is 6.03 Å². The van der Waals surface area contributed by atoms with Gasteiger partial charge in [-0.25, -0.2) is 14.8 Å². The average Bonchev–Trinajstić information content (AvgIpc) is 3.69. The van der Waals surface area contributed by atoms with Crippen LogP contribution in [0.1, 0.15) is 41.9 Å². The lowest BCUT2D eigenvalue weighted by molar-refractivity contribution is 0.204. The standard InChI is InChI=1S/C29H29N3O3/c33-20-23-9-10-28(30-18-23)35-26-8-4-5-22(16-26)15-21-11-13-32(14-12-21)29(34)31-19-25-17-27(25)24-6-2-1-3-7-24/h1-10,15-16,18-19,25,27,33H,11-14,17,20H2/b31-19+/t25-,27-/m0/s1. The molecule has 1 aliphatic carbocycles. The number of aliphatic imine (C=N–C) groups is 1. The van der Waals surface area contributed by atoms with E-state index in [2.05, 4.69) is 40.3 Å². The van der Waals surface area contributed by atoms with Crippen molar-refractivity contribution < 1.29 is 14.6 Å². The van der Waals surface area contributed by atoms with Gasteiger partial charge in [0.25, 0.3) is 0 Å². The molecule has 1 aromatic heterocycles. The molecule has 2 amide bonds. The van der Waals surface area contributed by atoms with Gasteiger partial charge in [0.05, 0.1) is 6.61 Å². The van der Waals surface area contributed by atoms with E-state index in [-0.39, 0.29) is 12.6 Å². The number of hydrogen-bond donors (Lipinski definition) is 1. The van der Waals surface area contributed by atoms with Crippen LogP contribution in [0.5, 0.6) is 11.6 Å². The van der Waals surface area contributed by atoms with Crippen molar-refractivity contribution in [3.8, 4) is 11.6 Å². The summed E-state index contributed by atoms with van der Waals surface area (Å²) in [5.74, 6) is 2.07. The molecular weight excluding hydrogens is 438 g/mol. The molecule has 1 saturated heterocycles. The van der Waals surface area contributed by atoms with Crippen LogP contribution in [-0.4, -0.2) is 40.3 Å². The molecule has 1 aliphatic heterocycles. The van der Waals surface area contributed by atoms with Crippen LogP contribution >= 0.6 is 0 Å². The Hall–Kier alpha value is -3.77. The van der Waals surface area contributed by atoms with Crippen LogP contribution in [0.2, 0.25) is 0 Å². The predicted molar refractivity (Wildman–Crippen MR) is 137 cm³/mol. The second kappa shape index (κ2) is 10.7. The van der Waals surface area contributed by atoms with Crippen molar-refractivity contribution in [2.45, 2.75) is 31.8 Å². The maximum atomic E-state index is 12.6. The topological polar surface area (TPSA) is 75.0 Å². The number of aliphatic hydroxyl groups excluding tert-OH is 1. The smallest absolute Gasteiger partial charge is 0.343 e. The van der Waals surface area contributed by atoms with Crippen LogP contribution in [-0.2, 0) is 6.61 Å². The van der Waals surface area contributed by atoms with Crippen LogP contribution in [0.3, 0.4) is 0 Å². The highest BCUT2D eigenvalue weighted by atomic mass is 16.5. The summed E-state index contributed by atoms with van der Waals surface area (Å²) in [6.07, 6.45) is 8.38. The largest absolute Gasteiger partial charge is 0.439 e. The lowest BCUT2D eigenvalue weighted by atomic mass is 10.0. The first kappa shape index (κ1) is 23.0. The Morgan fingerprint density at radius 2 is 1.91 bits per heavy atom. The van der Waals surface area contributed by atoms with E-state index in [1.54, 1.807) is 18.3 Å². The average molecular weight is 468 g/mol. The number of ether oxygens (including phenoxy) is 1. The molecule has 0 spiro atoms. The first-order chi connectivity index (χ1) is 17.2. The number of urea groups is 1. The molecule has 3 aromatic rings. The molecule has 0 radical (unpaired) electrons. The van der Waals surface area contributed by atoms with E-state index >= 15 is 0 Å². The van der Waals surface area contributed by atoms with Crippen LogP contribution in [0.15, 0.2) is 83.5 Å². The molecule has 2 aromatic carbocycles. The summed E-state index contributed by atoms with van der Waals surface area (Å²) < 4.78 is 5.85. The minimum atomic E-state index is -0.127. The number of piperidine rings is 1. The van der Waals surface area contributed by atoms with E-state index < -0.39 is 0 Å². The lowest BCUT2D eigenvalue weighted by Gasteiger charge is -2.26. The number of pyridine rings is 1. The SMILES string of the molecule is O=C(/N=C/[C@@H]1C[C@H]1c1ccccc1)N1CCC(=Cc2cccc(Oc3ccc(CO)cn3)c2)CC1. The Balaban J connectivity index is 1.12. The summed E-state index contributed by atoms with van der Waals surface area (Å²) in [6, 6.07) is 21.7. The number of hydrogen-bond acceptors (Lipinski definition) is 4. The Kier molecular flexibility index (Phi) is 7.00. The van der Waals surface area contributed by atoms with Crippen molar-refractivity contribution in [1.82, 2.24) is 9.88 Å². The maximum absolute atomic E-state index is 12.6. The van der Waals surface area contributed by atoms with Crippen LogP contribution in [0, 0.1) is 5.92 Å². The number of carbonyl (C=O) groups is 1. The van der Waals surface area contributed by atoms with E-state index in [4.69, 9.17) is 9.84 Å². The summed E-state index contributed by atoms with van der Waals surface area (Å²) in [4.78, 5) is 22.9. The molecule has 0 bridgehead atoms. The third kappa shape index (κ3) is 6.03. The van der Waals surface area contributed by atoms with Gasteiger partial charge in [0.15, 0.2) is 0 Å². The number of aromatic nitrogens is 1. The minimum Gasteiger partial charge on any atom is -0.439 e. The van der Waals surface area contributed by atoms with Crippen LogP contribution in [0.25, 0.3) is 6.08 Å². The molecule has 2 heterocycles. The summed E-state index contributed by atoms with van der Waals surface area (Å²) in [5.41, 5.74) is 4.44. The van der Waals surface area contributed by atoms with Gasteiger partial charge in [-0.3, -0.25) is 0 Å². The Morgan fingerprint density at radius 3 is 2.66 bits per heavy atom. The molecule has 1 saturated carbocycles. The van der Waals surface area contributed by atoms with Crippen molar-refractivity contribution in [2.75, 3.05) is 13.1 Å². The first-order valence-electron chi connectivity index (χ1n) is 12.1. The Labute approximate surface area is 205 Å². The van der Waals surface area contributed by atoms with E-state index in [1.165, 1.54) is 11.1 Å². The molecule has 35 heavy (non-hydrogen) atoms. The predicted octanol–water partition coefficient (Wildman–Crippen LogP) is 5.84. The van der Waals surface area contributed by atoms with Crippen LogP contribution < -0.4 is 4.74 Å². The second-order valence-electron chi connectivity index (χ2n) is 9.10. The van der Waals surface area contributed by atoms with Gasteiger partial charge < -0.3 is 14.7 Å². The molecule has 6 heteroatoms. The third-order valence-electron chi connectivity index (χ3n) is 6.55. The molecule has 5 rings (SSSR count). The zero-order valence-electron chi connectivity index (χ0n) is 19.6. The van der Waals surface area contributed by atoms with Gasteiger partial charge in [-0.2, -0.15) is 0 Å². The number of likely N-dealkylation sites (tertiary alicyclic amines) is 1. The van der Waals surface area contributed by atoms with Gasteiger partial charge in [0.2, 0.25) is 5.88 Å². The Morgan fingerprint density at radius 1 is 1.09 bits per heavy atom. The van der Waals surface area contributed by atoms with Crippen molar-refractivity contribution in [1.29, 1.82) is 0 Å². The fraction of sp³-hybridized carbons (Fsp3) is 0.276. The number of nitrogens with zero attached hydrogens (tertiary/aromatic N) is 3. The van der Waals surface area contributed by atoms with E-state index in [0.717, 1.165) is 30.4 Å². The second-order valence-corrected chi connectivity index (χ2v) is 9.10.